The van der Waals surface area contributed by atoms with Gasteiger partial charge in [0.2, 0.25) is 5.17 Å². The Kier molecular flexibility index (Phi) is 6.55. The van der Waals surface area contributed by atoms with Crippen molar-refractivity contribution < 1.29 is 9.21 Å². The van der Waals surface area contributed by atoms with Crippen LogP contribution < -0.4 is 0 Å². The Labute approximate surface area is 202 Å². The van der Waals surface area contributed by atoms with Gasteiger partial charge in [0.05, 0.1) is 5.57 Å². The van der Waals surface area contributed by atoms with Gasteiger partial charge in [0.1, 0.15) is 10.8 Å². The Balaban J connectivity index is 1.27. The fourth-order valence-corrected chi connectivity index (χ4v) is 5.95. The molecule has 0 unspecified atom stereocenters. The summed E-state index contributed by atoms with van der Waals surface area (Å²) in [5.41, 5.74) is 1.40. The van der Waals surface area contributed by atoms with Crippen LogP contribution in [0.25, 0.3) is 6.08 Å². The highest BCUT2D eigenvalue weighted by molar-refractivity contribution is 8.26. The Hall–Kier alpha value is -2.58. The van der Waals surface area contributed by atoms with Crippen LogP contribution in [0.1, 0.15) is 56.3 Å². The Morgan fingerprint density at radius 2 is 1.97 bits per heavy atom. The molecule has 2 aliphatic heterocycles. The lowest BCUT2D eigenvalue weighted by molar-refractivity contribution is -0.114. The summed E-state index contributed by atoms with van der Waals surface area (Å²) in [6.07, 6.45) is 10.2. The van der Waals surface area contributed by atoms with E-state index in [-0.39, 0.29) is 11.4 Å². The molecule has 0 radical (unpaired) electrons. The van der Waals surface area contributed by atoms with E-state index in [4.69, 9.17) is 9.83 Å². The molecule has 1 aromatic carbocycles. The molecule has 0 saturated heterocycles. The number of carbonyl (C=O) groups excluding carboxylic acids is 1. The number of aliphatic imine (C=N–C) groups is 1. The predicted octanol–water partition coefficient (Wildman–Crippen LogP) is 6.72. The summed E-state index contributed by atoms with van der Waals surface area (Å²) in [4.78, 5) is 17.9. The van der Waals surface area contributed by atoms with E-state index in [0.29, 0.717) is 10.9 Å². The second kappa shape index (κ2) is 9.73. The second-order valence-corrected chi connectivity index (χ2v) is 10.7. The minimum atomic E-state index is -0.424. The van der Waals surface area contributed by atoms with Gasteiger partial charge >= 0.3 is 0 Å². The lowest BCUT2D eigenvalue weighted by Crippen LogP contribution is -2.35. The number of aryl methyl sites for hydroxylation is 1. The summed E-state index contributed by atoms with van der Waals surface area (Å²) >= 11 is 2.93. The monoisotopic (exact) mass is 478 g/mol. The number of hydrazone groups is 1. The fourth-order valence-electron chi connectivity index (χ4n) is 4.27. The van der Waals surface area contributed by atoms with Crippen LogP contribution in [-0.2, 0) is 4.79 Å². The van der Waals surface area contributed by atoms with Gasteiger partial charge in [0.15, 0.2) is 10.9 Å². The molecule has 2 aromatic rings. The van der Waals surface area contributed by atoms with Crippen LogP contribution in [0.5, 0.6) is 0 Å². The zero-order valence-corrected chi connectivity index (χ0v) is 20.2. The first-order chi connectivity index (χ1) is 16.0. The number of carbonyl (C=O) groups is 1. The quantitative estimate of drug-likeness (QED) is 0.466. The standard InChI is InChI=1S/C25H26N4O2S2/c1-16-7-11-19(12-8-16)32-22-14-10-18(31-22)15-20-23(26)29-25(27-24(20)30)33-21(28-29)13-9-17-5-3-2-4-6-17/h7-8,10-12,14-15,17,26H,2-6,9,13H2,1H3/b20-15-,26-23?. The third kappa shape index (κ3) is 5.17. The van der Waals surface area contributed by atoms with E-state index in [2.05, 4.69) is 29.2 Å². The first-order valence-electron chi connectivity index (χ1n) is 11.4. The maximum Gasteiger partial charge on any atom is 0.283 e. The zero-order chi connectivity index (χ0) is 22.8. The van der Waals surface area contributed by atoms with E-state index in [1.165, 1.54) is 66.2 Å². The molecular weight excluding hydrogens is 452 g/mol. The molecule has 1 N–H and O–H groups in total. The molecule has 0 spiro atoms. The molecule has 5 rings (SSSR count). The summed E-state index contributed by atoms with van der Waals surface area (Å²) in [5, 5.41) is 16.8. The molecule has 1 aromatic heterocycles. The van der Waals surface area contributed by atoms with Gasteiger partial charge in [-0.2, -0.15) is 15.1 Å². The number of furan rings is 1. The van der Waals surface area contributed by atoms with Gasteiger partial charge in [0, 0.05) is 4.90 Å². The number of thioether (sulfide) groups is 1. The zero-order valence-electron chi connectivity index (χ0n) is 18.5. The van der Waals surface area contributed by atoms with Gasteiger partial charge in [-0.05, 0) is 67.8 Å². The maximum atomic E-state index is 12.7. The molecule has 6 nitrogen and oxygen atoms in total. The second-order valence-electron chi connectivity index (χ2n) is 8.63. The Morgan fingerprint density at radius 3 is 2.76 bits per heavy atom. The molecule has 3 aliphatic rings. The van der Waals surface area contributed by atoms with Crippen molar-refractivity contribution in [3.63, 3.8) is 0 Å². The van der Waals surface area contributed by atoms with Gasteiger partial charge in [-0.25, -0.2) is 0 Å². The average molecular weight is 479 g/mol. The van der Waals surface area contributed by atoms with Crippen LogP contribution in [0.15, 0.2) is 66.5 Å². The SMILES string of the molecule is Cc1ccc(Sc2ccc(/C=C3/C(=N)N4N=C(CCC5CCCCC5)SC4=NC3=O)o2)cc1. The fraction of sp³-hybridized carbons (Fsp3) is 0.360. The van der Waals surface area contributed by atoms with Gasteiger partial charge in [-0.3, -0.25) is 10.2 Å². The van der Waals surface area contributed by atoms with Gasteiger partial charge in [0.25, 0.3) is 5.91 Å². The van der Waals surface area contributed by atoms with Gasteiger partial charge in [-0.15, -0.1) is 0 Å². The number of hydrogen-bond acceptors (Lipinski definition) is 6. The molecule has 1 fully saturated rings. The van der Waals surface area contributed by atoms with E-state index in [1.54, 1.807) is 12.1 Å². The number of fused-ring (bicyclic) bond motifs is 1. The van der Waals surface area contributed by atoms with Crippen molar-refractivity contribution >= 4 is 51.6 Å². The number of nitrogens with one attached hydrogen (secondary N) is 1. The van der Waals surface area contributed by atoms with Crippen molar-refractivity contribution in [3.8, 4) is 0 Å². The van der Waals surface area contributed by atoms with Crippen LogP contribution in [0.3, 0.4) is 0 Å². The summed E-state index contributed by atoms with van der Waals surface area (Å²) in [5.74, 6) is 0.912. The molecule has 1 aliphatic carbocycles. The molecule has 1 saturated carbocycles. The topological polar surface area (TPSA) is 82.0 Å². The minimum absolute atomic E-state index is 0.0503. The first kappa shape index (κ1) is 22.2. The van der Waals surface area contributed by atoms with Crippen molar-refractivity contribution in [1.29, 1.82) is 5.41 Å². The molecule has 0 bridgehead atoms. The lowest BCUT2D eigenvalue weighted by atomic mass is 9.86. The lowest BCUT2D eigenvalue weighted by Gasteiger charge is -2.20. The molecular formula is C25H26N4O2S2. The van der Waals surface area contributed by atoms with E-state index >= 15 is 0 Å². The van der Waals surface area contributed by atoms with Gasteiger partial charge < -0.3 is 4.42 Å². The van der Waals surface area contributed by atoms with E-state index in [1.807, 2.05) is 18.2 Å². The smallest absolute Gasteiger partial charge is 0.283 e. The average Bonchev–Trinajstić information content (AvgIpc) is 3.44. The van der Waals surface area contributed by atoms with Crippen LogP contribution in [0, 0.1) is 18.3 Å². The Morgan fingerprint density at radius 1 is 1.18 bits per heavy atom. The summed E-state index contributed by atoms with van der Waals surface area (Å²) < 4.78 is 5.89. The third-order valence-electron chi connectivity index (χ3n) is 6.12. The molecule has 8 heteroatoms. The highest BCUT2D eigenvalue weighted by Crippen LogP contribution is 2.34. The Bertz CT molecular complexity index is 1160. The largest absolute Gasteiger partial charge is 0.450 e. The number of hydrogen-bond donors (Lipinski definition) is 1. The number of benzene rings is 1. The molecule has 33 heavy (non-hydrogen) atoms. The van der Waals surface area contributed by atoms with Crippen LogP contribution in [-0.4, -0.2) is 27.0 Å². The molecule has 0 atom stereocenters. The number of nitrogens with zero attached hydrogens (tertiary/aromatic N) is 3. The van der Waals surface area contributed by atoms with E-state index in [9.17, 15) is 4.79 Å². The predicted molar refractivity (Wildman–Crippen MR) is 135 cm³/mol. The maximum absolute atomic E-state index is 12.7. The number of amides is 1. The van der Waals surface area contributed by atoms with Crippen molar-refractivity contribution in [2.75, 3.05) is 0 Å². The third-order valence-corrected chi connectivity index (χ3v) is 8.01. The van der Waals surface area contributed by atoms with E-state index < -0.39 is 5.91 Å². The highest BCUT2D eigenvalue weighted by Gasteiger charge is 2.35. The van der Waals surface area contributed by atoms with Crippen LogP contribution in [0.2, 0.25) is 0 Å². The van der Waals surface area contributed by atoms with Crippen molar-refractivity contribution in [2.45, 2.75) is 61.9 Å². The summed E-state index contributed by atoms with van der Waals surface area (Å²) in [6, 6.07) is 11.9. The molecule has 170 valence electrons. The first-order valence-corrected chi connectivity index (χ1v) is 13.0. The van der Waals surface area contributed by atoms with Crippen molar-refractivity contribution in [3.05, 3.63) is 53.3 Å². The van der Waals surface area contributed by atoms with Crippen LogP contribution >= 0.6 is 23.5 Å². The number of rotatable bonds is 6. The van der Waals surface area contributed by atoms with Crippen molar-refractivity contribution in [2.24, 2.45) is 16.0 Å². The highest BCUT2D eigenvalue weighted by atomic mass is 32.2. The van der Waals surface area contributed by atoms with Gasteiger partial charge in [-0.1, -0.05) is 61.6 Å². The summed E-state index contributed by atoms with van der Waals surface area (Å²) in [6.45, 7) is 2.05. The van der Waals surface area contributed by atoms with Crippen LogP contribution in [0.4, 0.5) is 0 Å². The summed E-state index contributed by atoms with van der Waals surface area (Å²) in [7, 11) is 0. The molecule has 3 heterocycles. The normalized spacial score (nSPS) is 20.3. The molecule has 1 amide bonds. The van der Waals surface area contributed by atoms with Crippen molar-refractivity contribution in [1.82, 2.24) is 5.01 Å². The number of amidine groups is 2. The minimum Gasteiger partial charge on any atom is -0.450 e. The van der Waals surface area contributed by atoms with E-state index in [0.717, 1.165) is 33.8 Å².